The van der Waals surface area contributed by atoms with Crippen molar-refractivity contribution < 1.29 is 17.9 Å². The normalized spacial score (nSPS) is 24.8. The molecule has 148 valence electrons. The number of carbonyl (C=O) groups excluding carboxylic acids is 1. The van der Waals surface area contributed by atoms with Gasteiger partial charge in [-0.1, -0.05) is 18.2 Å². The number of ether oxygens (including phenoxy) is 1. The van der Waals surface area contributed by atoms with Crippen molar-refractivity contribution in [2.45, 2.75) is 18.4 Å². The minimum absolute atomic E-state index is 0.127. The van der Waals surface area contributed by atoms with Gasteiger partial charge in [-0.2, -0.15) is 4.31 Å². The monoisotopic (exact) mass is 401 g/mol. The van der Waals surface area contributed by atoms with E-state index in [1.165, 1.54) is 4.31 Å². The highest BCUT2D eigenvalue weighted by Crippen LogP contribution is 2.43. The van der Waals surface area contributed by atoms with Gasteiger partial charge in [-0.05, 0) is 36.8 Å². The molecule has 1 N–H and O–H groups in total. The van der Waals surface area contributed by atoms with Crippen LogP contribution in [-0.2, 0) is 26.1 Å². The summed E-state index contributed by atoms with van der Waals surface area (Å²) in [5.41, 5.74) is 0.780. The molecule has 2 aromatic rings. The molecular weight excluding hydrogens is 378 g/mol. The van der Waals surface area contributed by atoms with E-state index in [1.807, 2.05) is 31.2 Å². The number of pyridine rings is 1. The predicted octanol–water partition coefficient (Wildman–Crippen LogP) is 1.34. The lowest BCUT2D eigenvalue weighted by Gasteiger charge is -2.26. The van der Waals surface area contributed by atoms with E-state index in [1.54, 1.807) is 24.4 Å². The smallest absolute Gasteiger partial charge is 0.243 e. The first-order valence-electron chi connectivity index (χ1n) is 9.25. The fourth-order valence-electron chi connectivity index (χ4n) is 3.97. The second kappa shape index (κ2) is 7.27. The Hall–Kier alpha value is -2.29. The van der Waals surface area contributed by atoms with Gasteiger partial charge in [0.25, 0.3) is 0 Å². The second-order valence-corrected chi connectivity index (χ2v) is 9.42. The van der Waals surface area contributed by atoms with E-state index in [0.29, 0.717) is 13.2 Å². The average Bonchev–Trinajstić information content (AvgIpc) is 3.26. The summed E-state index contributed by atoms with van der Waals surface area (Å²) in [4.78, 5) is 17.5. The molecule has 8 heteroatoms. The van der Waals surface area contributed by atoms with Crippen molar-refractivity contribution >= 4 is 15.9 Å². The molecule has 0 bridgehead atoms. The first-order valence-corrected chi connectivity index (χ1v) is 10.7. The van der Waals surface area contributed by atoms with Crippen LogP contribution in [0.2, 0.25) is 0 Å². The van der Waals surface area contributed by atoms with E-state index in [9.17, 15) is 13.2 Å². The topological polar surface area (TPSA) is 88.6 Å². The number of fused-ring (bicyclic) bond motifs is 1. The number of aryl methyl sites for hydroxylation is 1. The van der Waals surface area contributed by atoms with Gasteiger partial charge in [0.15, 0.2) is 0 Å². The van der Waals surface area contributed by atoms with E-state index in [2.05, 4.69) is 10.3 Å². The van der Waals surface area contributed by atoms with Crippen molar-refractivity contribution in [3.05, 3.63) is 59.9 Å². The molecule has 0 saturated carbocycles. The zero-order valence-corrected chi connectivity index (χ0v) is 16.5. The standard InChI is InChI=1S/C20H23N3O4S/c1-15-5-4-7-18(9-15)28(25,26)23-11-16-12-27-14-20(16,13-23)19(24)22-10-17-6-2-3-8-21-17/h2-9,16H,10-14H2,1H3,(H,22,24)/t16-,20-/m1/s1. The average molecular weight is 401 g/mol. The zero-order chi connectivity index (χ0) is 19.8. The molecule has 2 aliphatic rings. The summed E-state index contributed by atoms with van der Waals surface area (Å²) in [6.45, 7) is 3.19. The number of aromatic nitrogens is 1. The van der Waals surface area contributed by atoms with E-state index in [-0.39, 0.29) is 36.4 Å². The summed E-state index contributed by atoms with van der Waals surface area (Å²) >= 11 is 0. The van der Waals surface area contributed by atoms with Gasteiger partial charge in [-0.3, -0.25) is 9.78 Å². The maximum absolute atomic E-state index is 13.1. The Kier molecular flexibility index (Phi) is 4.95. The van der Waals surface area contributed by atoms with Crippen molar-refractivity contribution in [3.63, 3.8) is 0 Å². The molecule has 1 aromatic carbocycles. The quantitative estimate of drug-likeness (QED) is 0.817. The van der Waals surface area contributed by atoms with Gasteiger partial charge < -0.3 is 10.1 Å². The molecule has 2 fully saturated rings. The van der Waals surface area contributed by atoms with Crippen LogP contribution in [0, 0.1) is 18.3 Å². The third-order valence-corrected chi connectivity index (χ3v) is 7.39. The van der Waals surface area contributed by atoms with E-state index in [4.69, 9.17) is 4.74 Å². The van der Waals surface area contributed by atoms with E-state index >= 15 is 0 Å². The first-order chi connectivity index (χ1) is 13.4. The number of carbonyl (C=O) groups is 1. The van der Waals surface area contributed by atoms with Gasteiger partial charge in [0, 0.05) is 25.2 Å². The summed E-state index contributed by atoms with van der Waals surface area (Å²) in [5, 5.41) is 2.92. The minimum atomic E-state index is -3.66. The van der Waals surface area contributed by atoms with Crippen LogP contribution in [0.25, 0.3) is 0 Å². The molecule has 0 aliphatic carbocycles. The summed E-state index contributed by atoms with van der Waals surface area (Å²) in [6.07, 6.45) is 1.67. The molecule has 28 heavy (non-hydrogen) atoms. The van der Waals surface area contributed by atoms with Crippen LogP contribution >= 0.6 is 0 Å². The minimum Gasteiger partial charge on any atom is -0.380 e. The lowest BCUT2D eigenvalue weighted by Crippen LogP contribution is -2.46. The van der Waals surface area contributed by atoms with E-state index < -0.39 is 15.4 Å². The van der Waals surface area contributed by atoms with Crippen LogP contribution in [0.15, 0.2) is 53.6 Å². The van der Waals surface area contributed by atoms with Crippen molar-refractivity contribution in [1.29, 1.82) is 0 Å². The molecule has 0 spiro atoms. The largest absolute Gasteiger partial charge is 0.380 e. The van der Waals surface area contributed by atoms with Gasteiger partial charge >= 0.3 is 0 Å². The highest BCUT2D eigenvalue weighted by molar-refractivity contribution is 7.89. The molecule has 1 amide bonds. The molecule has 3 heterocycles. The van der Waals surface area contributed by atoms with E-state index in [0.717, 1.165) is 11.3 Å². The van der Waals surface area contributed by atoms with Gasteiger partial charge in [0.1, 0.15) is 0 Å². The van der Waals surface area contributed by atoms with Gasteiger partial charge in [0.2, 0.25) is 15.9 Å². The van der Waals surface area contributed by atoms with Gasteiger partial charge in [-0.15, -0.1) is 0 Å². The molecule has 7 nitrogen and oxygen atoms in total. The number of nitrogens with one attached hydrogen (secondary N) is 1. The second-order valence-electron chi connectivity index (χ2n) is 7.49. The van der Waals surface area contributed by atoms with Crippen LogP contribution in [0.1, 0.15) is 11.3 Å². The van der Waals surface area contributed by atoms with Crippen LogP contribution in [0.5, 0.6) is 0 Å². The number of hydrogen-bond acceptors (Lipinski definition) is 5. The molecule has 2 aliphatic heterocycles. The first kappa shape index (κ1) is 19.0. The Bertz CT molecular complexity index is 980. The molecule has 1 aromatic heterocycles. The highest BCUT2D eigenvalue weighted by Gasteiger charge is 2.58. The Balaban J connectivity index is 1.54. The molecular formula is C20H23N3O4S. The zero-order valence-electron chi connectivity index (χ0n) is 15.7. The maximum Gasteiger partial charge on any atom is 0.243 e. The number of rotatable bonds is 5. The van der Waals surface area contributed by atoms with Crippen molar-refractivity contribution in [3.8, 4) is 0 Å². The number of amides is 1. The lowest BCUT2D eigenvalue weighted by atomic mass is 9.80. The number of benzene rings is 1. The summed E-state index contributed by atoms with van der Waals surface area (Å²) < 4.78 is 33.2. The van der Waals surface area contributed by atoms with Crippen molar-refractivity contribution in [2.24, 2.45) is 11.3 Å². The summed E-state index contributed by atoms with van der Waals surface area (Å²) in [5.74, 6) is -0.335. The van der Waals surface area contributed by atoms with Crippen molar-refractivity contribution in [1.82, 2.24) is 14.6 Å². The van der Waals surface area contributed by atoms with Crippen LogP contribution in [0.4, 0.5) is 0 Å². The summed E-state index contributed by atoms with van der Waals surface area (Å²) in [6, 6.07) is 12.4. The predicted molar refractivity (Wildman–Crippen MR) is 103 cm³/mol. The molecule has 2 atom stereocenters. The molecule has 4 rings (SSSR count). The Labute approximate surface area is 164 Å². The third kappa shape index (κ3) is 3.32. The lowest BCUT2D eigenvalue weighted by molar-refractivity contribution is -0.131. The Morgan fingerprint density at radius 1 is 1.32 bits per heavy atom. The molecule has 0 radical (unpaired) electrons. The fourth-order valence-corrected chi connectivity index (χ4v) is 5.63. The molecule has 2 saturated heterocycles. The highest BCUT2D eigenvalue weighted by atomic mass is 32.2. The van der Waals surface area contributed by atoms with Crippen molar-refractivity contribution in [2.75, 3.05) is 26.3 Å². The molecule has 0 unspecified atom stereocenters. The summed E-state index contributed by atoms with van der Waals surface area (Å²) in [7, 11) is -3.66. The van der Waals surface area contributed by atoms with Crippen LogP contribution in [0.3, 0.4) is 0 Å². The van der Waals surface area contributed by atoms with Gasteiger partial charge in [0.05, 0.1) is 35.8 Å². The van der Waals surface area contributed by atoms with Gasteiger partial charge in [-0.25, -0.2) is 8.42 Å². The fraction of sp³-hybridized carbons (Fsp3) is 0.400. The van der Waals surface area contributed by atoms with Crippen LogP contribution in [-0.4, -0.2) is 49.9 Å². The number of sulfonamides is 1. The Morgan fingerprint density at radius 3 is 2.93 bits per heavy atom. The Morgan fingerprint density at radius 2 is 2.18 bits per heavy atom. The maximum atomic E-state index is 13.1. The SMILES string of the molecule is Cc1cccc(S(=O)(=O)N2C[C@@H]3COC[C@]3(C(=O)NCc3ccccn3)C2)c1. The third-order valence-electron chi connectivity index (χ3n) is 5.58. The number of hydrogen-bond donors (Lipinski definition) is 1. The van der Waals surface area contributed by atoms with Crippen LogP contribution < -0.4 is 5.32 Å². The number of nitrogens with zero attached hydrogens (tertiary/aromatic N) is 2.